The third-order valence-corrected chi connectivity index (χ3v) is 5.22. The normalized spacial score (nSPS) is 16.3. The number of benzene rings is 1. The summed E-state index contributed by atoms with van der Waals surface area (Å²) >= 11 is 1.73. The van der Waals surface area contributed by atoms with Crippen LogP contribution in [0.4, 0.5) is 0 Å². The number of nitrogens with zero attached hydrogens (tertiary/aromatic N) is 3. The van der Waals surface area contributed by atoms with E-state index in [1.54, 1.807) is 25.6 Å². The molecule has 0 spiro atoms. The molecule has 0 amide bonds. The molecule has 0 saturated carbocycles. The third-order valence-electron chi connectivity index (χ3n) is 4.40. The Balaban J connectivity index is 1.56. The fraction of sp³-hybridized carbons (Fsp3) is 0.500. The largest absolute Gasteiger partial charge is 0.493 e. The zero-order chi connectivity index (χ0) is 16.9. The molecule has 0 radical (unpaired) electrons. The average molecular weight is 347 g/mol. The molecule has 3 rings (SSSR count). The molecule has 24 heavy (non-hydrogen) atoms. The number of rotatable bonds is 6. The SMILES string of the molecule is COc1cccc(CN2CCN(Cc3csc(C)n3)CC2)c1OC. The number of hydrogen-bond acceptors (Lipinski definition) is 6. The van der Waals surface area contributed by atoms with Gasteiger partial charge >= 0.3 is 0 Å². The van der Waals surface area contributed by atoms with E-state index >= 15 is 0 Å². The Morgan fingerprint density at radius 1 is 1.04 bits per heavy atom. The van der Waals surface area contributed by atoms with E-state index in [2.05, 4.69) is 33.2 Å². The second-order valence-corrected chi connectivity index (χ2v) is 7.13. The van der Waals surface area contributed by atoms with Crippen molar-refractivity contribution in [2.75, 3.05) is 40.4 Å². The van der Waals surface area contributed by atoms with Crippen LogP contribution in [-0.4, -0.2) is 55.2 Å². The van der Waals surface area contributed by atoms with Gasteiger partial charge in [0.15, 0.2) is 11.5 Å². The molecule has 1 fully saturated rings. The summed E-state index contributed by atoms with van der Waals surface area (Å²) in [6, 6.07) is 6.08. The minimum atomic E-state index is 0.799. The van der Waals surface area contributed by atoms with Crippen LogP contribution < -0.4 is 9.47 Å². The second-order valence-electron chi connectivity index (χ2n) is 6.06. The van der Waals surface area contributed by atoms with E-state index < -0.39 is 0 Å². The first kappa shape index (κ1) is 17.2. The van der Waals surface area contributed by atoms with Gasteiger partial charge in [0.1, 0.15) is 0 Å². The van der Waals surface area contributed by atoms with E-state index in [0.29, 0.717) is 0 Å². The van der Waals surface area contributed by atoms with Crippen molar-refractivity contribution < 1.29 is 9.47 Å². The zero-order valence-corrected chi connectivity index (χ0v) is 15.4. The van der Waals surface area contributed by atoms with Crippen LogP contribution in [0.3, 0.4) is 0 Å². The molecule has 0 aliphatic carbocycles. The topological polar surface area (TPSA) is 37.8 Å². The highest BCUT2D eigenvalue weighted by Gasteiger charge is 2.20. The van der Waals surface area contributed by atoms with Crippen molar-refractivity contribution in [1.82, 2.24) is 14.8 Å². The lowest BCUT2D eigenvalue weighted by molar-refractivity contribution is 0.120. The number of aryl methyl sites for hydroxylation is 1. The molecule has 1 aromatic heterocycles. The number of thiazole rings is 1. The van der Waals surface area contributed by atoms with Gasteiger partial charge in [0.05, 0.1) is 24.9 Å². The standard InChI is InChI=1S/C18H25N3O2S/c1-14-19-16(13-24-14)12-21-9-7-20(8-10-21)11-15-5-4-6-17(22-2)18(15)23-3/h4-6,13H,7-12H2,1-3H3. The molecular weight excluding hydrogens is 322 g/mol. The number of piperazine rings is 1. The van der Waals surface area contributed by atoms with Crippen LogP contribution in [0.5, 0.6) is 11.5 Å². The van der Waals surface area contributed by atoms with Crippen LogP contribution in [-0.2, 0) is 13.1 Å². The molecule has 6 heteroatoms. The minimum absolute atomic E-state index is 0.799. The van der Waals surface area contributed by atoms with Crippen molar-refractivity contribution in [2.24, 2.45) is 0 Å². The van der Waals surface area contributed by atoms with Gasteiger partial charge in [0.2, 0.25) is 0 Å². The lowest BCUT2D eigenvalue weighted by Crippen LogP contribution is -2.45. The highest BCUT2D eigenvalue weighted by atomic mass is 32.1. The predicted octanol–water partition coefficient (Wildman–Crippen LogP) is 2.79. The Bertz CT molecular complexity index is 666. The van der Waals surface area contributed by atoms with Crippen LogP contribution >= 0.6 is 11.3 Å². The molecular formula is C18H25N3O2S. The highest BCUT2D eigenvalue weighted by Crippen LogP contribution is 2.31. The summed E-state index contributed by atoms with van der Waals surface area (Å²) in [5.74, 6) is 1.65. The molecule has 0 bridgehead atoms. The summed E-state index contributed by atoms with van der Waals surface area (Å²) in [5, 5.41) is 3.32. The van der Waals surface area contributed by atoms with E-state index in [1.165, 1.54) is 11.3 Å². The van der Waals surface area contributed by atoms with Gasteiger partial charge in [-0.05, 0) is 13.0 Å². The van der Waals surface area contributed by atoms with E-state index in [-0.39, 0.29) is 0 Å². The van der Waals surface area contributed by atoms with E-state index in [0.717, 1.165) is 55.8 Å². The lowest BCUT2D eigenvalue weighted by Gasteiger charge is -2.34. The Morgan fingerprint density at radius 3 is 2.33 bits per heavy atom. The van der Waals surface area contributed by atoms with Gasteiger partial charge in [0.25, 0.3) is 0 Å². The number of ether oxygens (including phenoxy) is 2. The Hall–Kier alpha value is -1.63. The molecule has 2 aromatic rings. The van der Waals surface area contributed by atoms with E-state index in [9.17, 15) is 0 Å². The summed E-state index contributed by atoms with van der Waals surface area (Å²) < 4.78 is 10.9. The van der Waals surface area contributed by atoms with Gasteiger partial charge in [-0.2, -0.15) is 0 Å². The van der Waals surface area contributed by atoms with Gasteiger partial charge in [-0.15, -0.1) is 11.3 Å². The first-order valence-electron chi connectivity index (χ1n) is 8.25. The van der Waals surface area contributed by atoms with E-state index in [4.69, 9.17) is 9.47 Å². The molecule has 0 atom stereocenters. The Labute approximate surface area is 147 Å². The molecule has 2 heterocycles. The Kier molecular flexibility index (Phi) is 5.71. The van der Waals surface area contributed by atoms with Gasteiger partial charge in [-0.3, -0.25) is 9.80 Å². The fourth-order valence-corrected chi connectivity index (χ4v) is 3.74. The number of aromatic nitrogens is 1. The average Bonchev–Trinajstić information content (AvgIpc) is 3.01. The lowest BCUT2D eigenvalue weighted by atomic mass is 10.1. The van der Waals surface area contributed by atoms with Crippen molar-refractivity contribution in [1.29, 1.82) is 0 Å². The third kappa shape index (κ3) is 4.06. The molecule has 0 N–H and O–H groups in total. The van der Waals surface area contributed by atoms with Gasteiger partial charge in [-0.25, -0.2) is 4.98 Å². The van der Waals surface area contributed by atoms with Crippen LogP contribution in [0.25, 0.3) is 0 Å². The maximum absolute atomic E-state index is 5.54. The first-order valence-corrected chi connectivity index (χ1v) is 9.13. The molecule has 130 valence electrons. The molecule has 1 aromatic carbocycles. The fourth-order valence-electron chi connectivity index (χ4n) is 3.13. The monoisotopic (exact) mass is 347 g/mol. The summed E-state index contributed by atoms with van der Waals surface area (Å²) in [4.78, 5) is 9.52. The molecule has 1 aliphatic heterocycles. The van der Waals surface area contributed by atoms with Crippen molar-refractivity contribution in [3.63, 3.8) is 0 Å². The quantitative estimate of drug-likeness (QED) is 0.803. The number of para-hydroxylation sites is 1. The Morgan fingerprint density at radius 2 is 1.75 bits per heavy atom. The maximum Gasteiger partial charge on any atom is 0.165 e. The van der Waals surface area contributed by atoms with Gasteiger partial charge in [-0.1, -0.05) is 12.1 Å². The molecule has 1 aliphatic rings. The molecule has 0 unspecified atom stereocenters. The van der Waals surface area contributed by atoms with Crippen LogP contribution in [0.1, 0.15) is 16.3 Å². The summed E-state index contributed by atoms with van der Waals surface area (Å²) in [5.41, 5.74) is 2.38. The van der Waals surface area contributed by atoms with Crippen molar-refractivity contribution in [3.05, 3.63) is 39.8 Å². The summed E-state index contributed by atoms with van der Waals surface area (Å²) in [7, 11) is 3.38. The van der Waals surface area contributed by atoms with Crippen LogP contribution in [0.2, 0.25) is 0 Å². The summed E-state index contributed by atoms with van der Waals surface area (Å²) in [6.45, 7) is 8.18. The van der Waals surface area contributed by atoms with Crippen LogP contribution in [0.15, 0.2) is 23.6 Å². The van der Waals surface area contributed by atoms with Crippen molar-refractivity contribution in [2.45, 2.75) is 20.0 Å². The number of hydrogen-bond donors (Lipinski definition) is 0. The predicted molar refractivity (Wildman–Crippen MR) is 97.0 cm³/mol. The van der Waals surface area contributed by atoms with Gasteiger partial charge < -0.3 is 9.47 Å². The van der Waals surface area contributed by atoms with Crippen LogP contribution in [0, 0.1) is 6.92 Å². The minimum Gasteiger partial charge on any atom is -0.493 e. The first-order chi connectivity index (χ1) is 11.7. The van der Waals surface area contributed by atoms with Crippen molar-refractivity contribution >= 4 is 11.3 Å². The summed E-state index contributed by atoms with van der Waals surface area (Å²) in [6.07, 6.45) is 0. The van der Waals surface area contributed by atoms with Crippen molar-refractivity contribution in [3.8, 4) is 11.5 Å². The smallest absolute Gasteiger partial charge is 0.165 e. The number of methoxy groups -OCH3 is 2. The maximum atomic E-state index is 5.54. The van der Waals surface area contributed by atoms with Gasteiger partial charge in [0, 0.05) is 50.2 Å². The zero-order valence-electron chi connectivity index (χ0n) is 14.6. The molecule has 5 nitrogen and oxygen atoms in total. The van der Waals surface area contributed by atoms with E-state index in [1.807, 2.05) is 12.1 Å². The molecule has 1 saturated heterocycles. The second kappa shape index (κ2) is 7.96. The highest BCUT2D eigenvalue weighted by molar-refractivity contribution is 7.09.